The van der Waals surface area contributed by atoms with Gasteiger partial charge in [0.2, 0.25) is 0 Å². The van der Waals surface area contributed by atoms with Gasteiger partial charge in [-0.25, -0.2) is 9.78 Å². The highest BCUT2D eigenvalue weighted by atomic mass is 17.1. The van der Waals surface area contributed by atoms with E-state index in [9.17, 15) is 0 Å². The summed E-state index contributed by atoms with van der Waals surface area (Å²) in [5, 5.41) is 18.1. The van der Waals surface area contributed by atoms with Crippen LogP contribution in [-0.4, -0.2) is 23.7 Å². The van der Waals surface area contributed by atoms with E-state index < -0.39 is 11.2 Å². The molecule has 0 spiro atoms. The van der Waals surface area contributed by atoms with E-state index in [-0.39, 0.29) is 6.10 Å². The molecule has 2 aromatic rings. The summed E-state index contributed by atoms with van der Waals surface area (Å²) in [6.45, 7) is 10.5. The van der Waals surface area contributed by atoms with E-state index in [1.807, 2.05) is 55.5 Å². The first kappa shape index (κ1) is 23.5. The maximum atomic E-state index is 9.08. The van der Waals surface area contributed by atoms with Crippen molar-refractivity contribution in [3.8, 4) is 0 Å². The Morgan fingerprint density at radius 3 is 2.03 bits per heavy atom. The van der Waals surface area contributed by atoms with Crippen molar-refractivity contribution >= 4 is 0 Å². The smallest absolute Gasteiger partial charge is 0.123 e. The molecule has 1 unspecified atom stereocenters. The van der Waals surface area contributed by atoms with Gasteiger partial charge in [-0.1, -0.05) is 48.5 Å². The Labute approximate surface area is 172 Å². The first-order valence-electron chi connectivity index (χ1n) is 9.74. The highest BCUT2D eigenvalue weighted by Gasteiger charge is 2.23. The molecule has 0 saturated heterocycles. The number of benzene rings is 2. The van der Waals surface area contributed by atoms with Crippen molar-refractivity contribution in [1.29, 1.82) is 0 Å². The van der Waals surface area contributed by atoms with Crippen LogP contribution in [0.25, 0.3) is 0 Å². The van der Waals surface area contributed by atoms with Crippen LogP contribution in [0, 0.1) is 0 Å². The summed E-state index contributed by atoms with van der Waals surface area (Å²) in [6.07, 6.45) is -0.112. The number of hydrogen-bond acceptors (Lipinski definition) is 6. The second-order valence-electron chi connectivity index (χ2n) is 8.09. The largest absolute Gasteiger partial charge is 0.374 e. The quantitative estimate of drug-likeness (QED) is 0.295. The lowest BCUT2D eigenvalue weighted by Gasteiger charge is -2.23. The second kappa shape index (κ2) is 10.3. The van der Waals surface area contributed by atoms with Gasteiger partial charge >= 0.3 is 0 Å². The SMILES string of the molecule is CC(OCCOCc1cccc(C(C)(C)OO)c1)c1cccc(C(C)(C)OO)c1. The molecule has 0 aliphatic carbocycles. The van der Waals surface area contributed by atoms with Crippen molar-refractivity contribution in [3.63, 3.8) is 0 Å². The van der Waals surface area contributed by atoms with Crippen LogP contribution in [0.5, 0.6) is 0 Å². The van der Waals surface area contributed by atoms with Gasteiger partial charge in [0.05, 0.1) is 25.9 Å². The van der Waals surface area contributed by atoms with E-state index in [0.29, 0.717) is 19.8 Å². The van der Waals surface area contributed by atoms with Crippen molar-refractivity contribution in [1.82, 2.24) is 0 Å². The molecule has 0 bridgehead atoms. The molecule has 0 radical (unpaired) electrons. The molecule has 2 aromatic carbocycles. The molecule has 2 rings (SSSR count). The maximum absolute atomic E-state index is 9.08. The zero-order valence-electron chi connectivity index (χ0n) is 17.8. The molecular formula is C23H32O6. The van der Waals surface area contributed by atoms with Crippen molar-refractivity contribution in [2.75, 3.05) is 13.2 Å². The van der Waals surface area contributed by atoms with Crippen LogP contribution in [-0.2, 0) is 37.1 Å². The lowest BCUT2D eigenvalue weighted by atomic mass is 9.95. The molecule has 0 amide bonds. The minimum absolute atomic E-state index is 0.112. The lowest BCUT2D eigenvalue weighted by molar-refractivity contribution is -0.318. The molecule has 0 fully saturated rings. The van der Waals surface area contributed by atoms with E-state index in [1.54, 1.807) is 27.7 Å². The monoisotopic (exact) mass is 404 g/mol. The number of ether oxygens (including phenoxy) is 2. The van der Waals surface area contributed by atoms with E-state index in [4.69, 9.17) is 20.0 Å². The highest BCUT2D eigenvalue weighted by molar-refractivity contribution is 5.29. The van der Waals surface area contributed by atoms with Crippen LogP contribution in [0.3, 0.4) is 0 Å². The van der Waals surface area contributed by atoms with Gasteiger partial charge in [0.1, 0.15) is 11.2 Å². The van der Waals surface area contributed by atoms with Crippen LogP contribution in [0.1, 0.15) is 63.0 Å². The van der Waals surface area contributed by atoms with Gasteiger partial charge in [0.25, 0.3) is 0 Å². The summed E-state index contributed by atoms with van der Waals surface area (Å²) in [4.78, 5) is 9.11. The van der Waals surface area contributed by atoms with E-state index in [2.05, 4.69) is 9.78 Å². The number of hydrogen-bond donors (Lipinski definition) is 2. The van der Waals surface area contributed by atoms with Crippen LogP contribution in [0.2, 0.25) is 0 Å². The third-order valence-electron chi connectivity index (χ3n) is 4.99. The normalized spacial score (nSPS) is 13.5. The standard InChI is InChI=1S/C23H32O6/c1-17(19-9-7-11-21(15-19)23(4,5)29-25)27-13-12-26-16-18-8-6-10-20(14-18)22(2,3)28-24/h6-11,14-15,17,24-25H,12-13,16H2,1-5H3. The van der Waals surface area contributed by atoms with Crippen LogP contribution in [0.4, 0.5) is 0 Å². The zero-order valence-corrected chi connectivity index (χ0v) is 17.8. The summed E-state index contributed by atoms with van der Waals surface area (Å²) in [6, 6.07) is 15.5. The molecule has 6 nitrogen and oxygen atoms in total. The van der Waals surface area contributed by atoms with Gasteiger partial charge in [0, 0.05) is 0 Å². The molecule has 0 aromatic heterocycles. The molecular weight excluding hydrogens is 372 g/mol. The first-order valence-corrected chi connectivity index (χ1v) is 9.74. The fourth-order valence-electron chi connectivity index (χ4n) is 2.88. The Morgan fingerprint density at radius 1 is 0.828 bits per heavy atom. The molecule has 29 heavy (non-hydrogen) atoms. The summed E-state index contributed by atoms with van der Waals surface area (Å²) < 4.78 is 11.6. The molecule has 0 heterocycles. The topological polar surface area (TPSA) is 77.4 Å². The molecule has 2 N–H and O–H groups in total. The Balaban J connectivity index is 1.81. The van der Waals surface area contributed by atoms with E-state index in [0.717, 1.165) is 22.3 Å². The third kappa shape index (κ3) is 6.60. The molecule has 0 aliphatic rings. The fraction of sp³-hybridized carbons (Fsp3) is 0.478. The maximum Gasteiger partial charge on any atom is 0.123 e. The summed E-state index contributed by atoms with van der Waals surface area (Å²) in [7, 11) is 0. The predicted molar refractivity (Wildman–Crippen MR) is 110 cm³/mol. The molecule has 1 atom stereocenters. The molecule has 0 saturated carbocycles. The Morgan fingerprint density at radius 2 is 1.41 bits per heavy atom. The Bertz CT molecular complexity index is 771. The Hall–Kier alpha value is -1.80. The average Bonchev–Trinajstić information content (AvgIpc) is 2.73. The van der Waals surface area contributed by atoms with Crippen molar-refractivity contribution in [3.05, 3.63) is 70.8 Å². The predicted octanol–water partition coefficient (Wildman–Crippen LogP) is 5.43. The molecule has 0 aliphatic heterocycles. The molecule has 160 valence electrons. The number of rotatable bonds is 11. The van der Waals surface area contributed by atoms with Gasteiger partial charge in [-0.15, -0.1) is 0 Å². The van der Waals surface area contributed by atoms with Crippen LogP contribution < -0.4 is 0 Å². The van der Waals surface area contributed by atoms with Crippen molar-refractivity contribution < 1.29 is 29.8 Å². The second-order valence-corrected chi connectivity index (χ2v) is 8.09. The van der Waals surface area contributed by atoms with Gasteiger partial charge in [-0.2, -0.15) is 0 Å². The summed E-state index contributed by atoms with van der Waals surface area (Å²) in [5.41, 5.74) is 2.22. The fourth-order valence-corrected chi connectivity index (χ4v) is 2.88. The van der Waals surface area contributed by atoms with E-state index in [1.165, 1.54) is 0 Å². The molecule has 6 heteroatoms. The average molecular weight is 405 g/mol. The van der Waals surface area contributed by atoms with E-state index >= 15 is 0 Å². The minimum atomic E-state index is -0.775. The van der Waals surface area contributed by atoms with Crippen molar-refractivity contribution in [2.24, 2.45) is 0 Å². The highest BCUT2D eigenvalue weighted by Crippen LogP contribution is 2.27. The van der Waals surface area contributed by atoms with Gasteiger partial charge < -0.3 is 9.47 Å². The minimum Gasteiger partial charge on any atom is -0.374 e. The first-order chi connectivity index (χ1) is 13.7. The third-order valence-corrected chi connectivity index (χ3v) is 4.99. The van der Waals surface area contributed by atoms with Crippen molar-refractivity contribution in [2.45, 2.75) is 58.5 Å². The van der Waals surface area contributed by atoms with Gasteiger partial charge in [0.15, 0.2) is 0 Å². The van der Waals surface area contributed by atoms with Gasteiger partial charge in [-0.3, -0.25) is 10.5 Å². The van der Waals surface area contributed by atoms with Crippen LogP contribution >= 0.6 is 0 Å². The Kier molecular flexibility index (Phi) is 8.34. The lowest BCUT2D eigenvalue weighted by Crippen LogP contribution is -2.20. The van der Waals surface area contributed by atoms with Gasteiger partial charge in [-0.05, 0) is 56.9 Å². The summed E-state index contributed by atoms with van der Waals surface area (Å²) in [5.74, 6) is 0. The van der Waals surface area contributed by atoms with Crippen LogP contribution in [0.15, 0.2) is 48.5 Å². The summed E-state index contributed by atoms with van der Waals surface area (Å²) >= 11 is 0. The zero-order chi connectivity index (χ0) is 21.5.